The van der Waals surface area contributed by atoms with Crippen molar-refractivity contribution in [3.8, 4) is 0 Å². The first-order valence-corrected chi connectivity index (χ1v) is 7.70. The standard InChI is InChI=1S/C16H19ClFNO3/c1-3-9(2)19(8-14(20)21)16(22)11-7-10(11)15-12(17)5-4-6-13(15)18/h4-6,9-11H,3,7-8H2,1-2H3,(H,20,21). The van der Waals surface area contributed by atoms with Crippen LogP contribution in [-0.4, -0.2) is 34.5 Å². The Morgan fingerprint density at radius 2 is 2.18 bits per heavy atom. The Labute approximate surface area is 133 Å². The fourth-order valence-electron chi connectivity index (χ4n) is 2.68. The number of carbonyl (C=O) groups is 2. The number of hydrogen-bond acceptors (Lipinski definition) is 2. The second kappa shape index (κ2) is 6.65. The van der Waals surface area contributed by atoms with Gasteiger partial charge in [-0.05, 0) is 31.9 Å². The number of carboxylic acid groups (broad SMARTS) is 1. The monoisotopic (exact) mass is 327 g/mol. The largest absolute Gasteiger partial charge is 0.480 e. The third-order valence-electron chi connectivity index (χ3n) is 4.19. The SMILES string of the molecule is CCC(C)N(CC(=O)O)C(=O)C1CC1c1c(F)cccc1Cl. The molecule has 1 amide bonds. The number of carbonyl (C=O) groups excluding carboxylic acids is 1. The van der Waals surface area contributed by atoms with Gasteiger partial charge in [-0.15, -0.1) is 0 Å². The van der Waals surface area contributed by atoms with E-state index in [0.29, 0.717) is 23.4 Å². The van der Waals surface area contributed by atoms with Gasteiger partial charge in [0.25, 0.3) is 0 Å². The van der Waals surface area contributed by atoms with Gasteiger partial charge in [-0.2, -0.15) is 0 Å². The van der Waals surface area contributed by atoms with Crippen LogP contribution < -0.4 is 0 Å². The molecule has 0 radical (unpaired) electrons. The Balaban J connectivity index is 2.16. The maximum Gasteiger partial charge on any atom is 0.323 e. The number of hydrogen-bond donors (Lipinski definition) is 1. The summed E-state index contributed by atoms with van der Waals surface area (Å²) >= 11 is 6.03. The van der Waals surface area contributed by atoms with Crippen molar-refractivity contribution in [2.75, 3.05) is 6.54 Å². The van der Waals surface area contributed by atoms with Gasteiger partial charge in [0.15, 0.2) is 0 Å². The molecule has 0 saturated heterocycles. The quantitative estimate of drug-likeness (QED) is 0.872. The van der Waals surface area contributed by atoms with E-state index in [1.54, 1.807) is 6.07 Å². The van der Waals surface area contributed by atoms with E-state index in [2.05, 4.69) is 0 Å². The second-order valence-electron chi connectivity index (χ2n) is 5.70. The Kier molecular flexibility index (Phi) is 5.06. The van der Waals surface area contributed by atoms with Crippen molar-refractivity contribution in [2.24, 2.45) is 5.92 Å². The first kappa shape index (κ1) is 16.7. The van der Waals surface area contributed by atoms with Crippen LogP contribution in [0.3, 0.4) is 0 Å². The molecule has 6 heteroatoms. The van der Waals surface area contributed by atoms with Crippen LogP contribution in [0.2, 0.25) is 5.02 Å². The van der Waals surface area contributed by atoms with Crippen LogP contribution in [0.4, 0.5) is 4.39 Å². The zero-order chi connectivity index (χ0) is 16.4. The average molecular weight is 328 g/mol. The van der Waals surface area contributed by atoms with Gasteiger partial charge in [0, 0.05) is 28.5 Å². The molecule has 4 nitrogen and oxygen atoms in total. The number of halogens is 2. The number of aliphatic carboxylic acids is 1. The van der Waals surface area contributed by atoms with Crippen LogP contribution in [0, 0.1) is 11.7 Å². The normalized spacial score (nSPS) is 21.3. The predicted octanol–water partition coefficient (Wildman–Crippen LogP) is 3.29. The lowest BCUT2D eigenvalue weighted by Crippen LogP contribution is -2.42. The minimum Gasteiger partial charge on any atom is -0.480 e. The molecule has 1 fully saturated rings. The Morgan fingerprint density at radius 3 is 2.73 bits per heavy atom. The molecular formula is C16H19ClFNO3. The smallest absolute Gasteiger partial charge is 0.323 e. The van der Waals surface area contributed by atoms with Crippen molar-refractivity contribution in [2.45, 2.75) is 38.6 Å². The topological polar surface area (TPSA) is 57.6 Å². The number of rotatable bonds is 6. The first-order chi connectivity index (χ1) is 10.4. The van der Waals surface area contributed by atoms with Gasteiger partial charge >= 0.3 is 5.97 Å². The van der Waals surface area contributed by atoms with Crippen molar-refractivity contribution in [1.29, 1.82) is 0 Å². The Morgan fingerprint density at radius 1 is 1.50 bits per heavy atom. The molecule has 1 aliphatic rings. The highest BCUT2D eigenvalue weighted by molar-refractivity contribution is 6.31. The fourth-order valence-corrected chi connectivity index (χ4v) is 2.99. The molecule has 120 valence electrons. The Bertz CT molecular complexity index is 573. The predicted molar refractivity (Wildman–Crippen MR) is 81.4 cm³/mol. The first-order valence-electron chi connectivity index (χ1n) is 7.33. The number of nitrogens with zero attached hydrogens (tertiary/aromatic N) is 1. The van der Waals surface area contributed by atoms with Gasteiger partial charge in [0.05, 0.1) is 0 Å². The van der Waals surface area contributed by atoms with Crippen molar-refractivity contribution in [1.82, 2.24) is 4.90 Å². The number of amides is 1. The Hall–Kier alpha value is -1.62. The lowest BCUT2D eigenvalue weighted by atomic mass is 10.1. The van der Waals surface area contributed by atoms with Gasteiger partial charge in [-0.3, -0.25) is 9.59 Å². The van der Waals surface area contributed by atoms with Crippen LogP contribution in [-0.2, 0) is 9.59 Å². The fraction of sp³-hybridized carbons (Fsp3) is 0.500. The summed E-state index contributed by atoms with van der Waals surface area (Å²) in [5.74, 6) is -2.35. The molecule has 0 aromatic heterocycles. The molecule has 3 atom stereocenters. The summed E-state index contributed by atoms with van der Waals surface area (Å²) in [4.78, 5) is 24.9. The van der Waals surface area contributed by atoms with Crippen molar-refractivity contribution < 1.29 is 19.1 Å². The van der Waals surface area contributed by atoms with Crippen molar-refractivity contribution >= 4 is 23.5 Å². The van der Waals surface area contributed by atoms with Crippen molar-refractivity contribution in [3.63, 3.8) is 0 Å². The summed E-state index contributed by atoms with van der Waals surface area (Å²) in [5, 5.41) is 9.29. The van der Waals surface area contributed by atoms with Gasteiger partial charge in [-0.25, -0.2) is 4.39 Å². The molecule has 0 heterocycles. The van der Waals surface area contributed by atoms with E-state index >= 15 is 0 Å². The van der Waals surface area contributed by atoms with Crippen LogP contribution in [0.5, 0.6) is 0 Å². The summed E-state index contributed by atoms with van der Waals surface area (Å²) in [7, 11) is 0. The van der Waals surface area contributed by atoms with E-state index in [-0.39, 0.29) is 30.3 Å². The van der Waals surface area contributed by atoms with E-state index in [1.807, 2.05) is 13.8 Å². The third kappa shape index (κ3) is 3.40. The van der Waals surface area contributed by atoms with E-state index in [4.69, 9.17) is 16.7 Å². The van der Waals surface area contributed by atoms with E-state index in [1.165, 1.54) is 17.0 Å². The maximum atomic E-state index is 13.9. The molecule has 0 bridgehead atoms. The maximum absolute atomic E-state index is 13.9. The lowest BCUT2D eigenvalue weighted by molar-refractivity contribution is -0.146. The second-order valence-corrected chi connectivity index (χ2v) is 6.11. The van der Waals surface area contributed by atoms with E-state index in [0.717, 1.165) is 0 Å². The van der Waals surface area contributed by atoms with Crippen LogP contribution in [0.15, 0.2) is 18.2 Å². The molecule has 0 spiro atoms. The molecule has 22 heavy (non-hydrogen) atoms. The summed E-state index contributed by atoms with van der Waals surface area (Å²) in [6, 6.07) is 4.28. The van der Waals surface area contributed by atoms with Gasteiger partial charge in [-0.1, -0.05) is 24.6 Å². The highest BCUT2D eigenvalue weighted by Crippen LogP contribution is 2.51. The molecule has 1 N–H and O–H groups in total. The molecule has 1 aromatic carbocycles. The number of carboxylic acids is 1. The molecular weight excluding hydrogens is 309 g/mol. The van der Waals surface area contributed by atoms with Crippen LogP contribution in [0.25, 0.3) is 0 Å². The lowest BCUT2D eigenvalue weighted by Gasteiger charge is -2.27. The zero-order valence-corrected chi connectivity index (χ0v) is 13.3. The zero-order valence-electron chi connectivity index (χ0n) is 12.6. The minimum atomic E-state index is -1.05. The molecule has 1 aliphatic carbocycles. The van der Waals surface area contributed by atoms with Crippen LogP contribution >= 0.6 is 11.6 Å². The van der Waals surface area contributed by atoms with Gasteiger partial charge in [0.1, 0.15) is 12.4 Å². The molecule has 3 unspecified atom stereocenters. The average Bonchev–Trinajstić information content (AvgIpc) is 3.23. The molecule has 1 saturated carbocycles. The molecule has 2 rings (SSSR count). The van der Waals surface area contributed by atoms with Crippen LogP contribution in [0.1, 0.15) is 38.2 Å². The third-order valence-corrected chi connectivity index (χ3v) is 4.52. The van der Waals surface area contributed by atoms with E-state index in [9.17, 15) is 14.0 Å². The highest BCUT2D eigenvalue weighted by atomic mass is 35.5. The van der Waals surface area contributed by atoms with Crippen molar-refractivity contribution in [3.05, 3.63) is 34.6 Å². The van der Waals surface area contributed by atoms with Gasteiger partial charge < -0.3 is 10.0 Å². The summed E-state index contributed by atoms with van der Waals surface area (Å²) in [5.41, 5.74) is 0.363. The summed E-state index contributed by atoms with van der Waals surface area (Å²) < 4.78 is 13.9. The minimum absolute atomic E-state index is 0.166. The molecule has 1 aromatic rings. The van der Waals surface area contributed by atoms with Gasteiger partial charge in [0.2, 0.25) is 5.91 Å². The number of benzene rings is 1. The van der Waals surface area contributed by atoms with E-state index < -0.39 is 11.8 Å². The molecule has 0 aliphatic heterocycles. The summed E-state index contributed by atoms with van der Waals surface area (Å²) in [6.45, 7) is 3.38. The summed E-state index contributed by atoms with van der Waals surface area (Å²) in [6.07, 6.45) is 1.17. The highest BCUT2D eigenvalue weighted by Gasteiger charge is 2.48.